The van der Waals surface area contributed by atoms with Crippen molar-refractivity contribution < 1.29 is 13.2 Å². The van der Waals surface area contributed by atoms with Crippen molar-refractivity contribution in [2.45, 2.75) is 13.3 Å². The summed E-state index contributed by atoms with van der Waals surface area (Å²) in [6.45, 7) is 2.62. The molecule has 0 bridgehead atoms. The number of hydrazine groups is 1. The maximum absolute atomic E-state index is 11.0. The molecule has 0 aliphatic carbocycles. The summed E-state index contributed by atoms with van der Waals surface area (Å²) in [4.78, 5) is 11.8. The Labute approximate surface area is 111 Å². The molecular weight excluding hydrogens is 272 g/mol. The van der Waals surface area contributed by atoms with E-state index in [2.05, 4.69) is 25.7 Å². The lowest BCUT2D eigenvalue weighted by Crippen LogP contribution is -2.18. The first-order chi connectivity index (χ1) is 8.94. The smallest absolute Gasteiger partial charge is 0.323 e. The third-order valence-electron chi connectivity index (χ3n) is 1.94. The van der Waals surface area contributed by atoms with Crippen molar-refractivity contribution in [1.82, 2.24) is 15.0 Å². The first-order valence-electron chi connectivity index (χ1n) is 5.71. The van der Waals surface area contributed by atoms with Gasteiger partial charge in [-0.3, -0.25) is 5.43 Å². The summed E-state index contributed by atoms with van der Waals surface area (Å²) in [6, 6.07) is 0.131. The number of nitrogens with two attached hydrogens (primary N) is 1. The Bertz CT molecular complexity index is 507. The molecule has 0 aromatic carbocycles. The highest BCUT2D eigenvalue weighted by atomic mass is 32.2. The number of hydrogen-bond acceptors (Lipinski definition) is 9. The summed E-state index contributed by atoms with van der Waals surface area (Å²) in [7, 11) is -3.04. The fourth-order valence-corrected chi connectivity index (χ4v) is 1.58. The van der Waals surface area contributed by atoms with Crippen LogP contribution in [0.2, 0.25) is 0 Å². The van der Waals surface area contributed by atoms with E-state index in [1.807, 2.05) is 6.92 Å². The molecule has 0 atom stereocenters. The number of nitrogens with one attached hydrogen (secondary N) is 2. The average Bonchev–Trinajstić information content (AvgIpc) is 2.34. The molecule has 108 valence electrons. The summed E-state index contributed by atoms with van der Waals surface area (Å²) >= 11 is 0. The Morgan fingerprint density at radius 2 is 1.95 bits per heavy atom. The molecule has 0 amide bonds. The van der Waals surface area contributed by atoms with Crippen LogP contribution in [0.25, 0.3) is 0 Å². The highest BCUT2D eigenvalue weighted by Gasteiger charge is 2.07. The van der Waals surface area contributed by atoms with Crippen molar-refractivity contribution in [3.63, 3.8) is 0 Å². The Morgan fingerprint density at radius 3 is 2.53 bits per heavy atom. The van der Waals surface area contributed by atoms with Gasteiger partial charge in [0.15, 0.2) is 0 Å². The predicted molar refractivity (Wildman–Crippen MR) is 71.6 cm³/mol. The molecule has 1 aromatic heterocycles. The van der Waals surface area contributed by atoms with Crippen molar-refractivity contribution in [1.29, 1.82) is 0 Å². The first kappa shape index (κ1) is 15.4. The van der Waals surface area contributed by atoms with Gasteiger partial charge in [0.1, 0.15) is 9.84 Å². The van der Waals surface area contributed by atoms with Gasteiger partial charge in [-0.05, 0) is 6.42 Å². The molecule has 0 fully saturated rings. The number of ether oxygens (including phenoxy) is 1. The molecule has 0 aliphatic rings. The third kappa shape index (κ3) is 6.15. The summed E-state index contributed by atoms with van der Waals surface area (Å²) in [5.41, 5.74) is 2.29. The van der Waals surface area contributed by atoms with Crippen molar-refractivity contribution >= 4 is 21.7 Å². The van der Waals surface area contributed by atoms with Gasteiger partial charge < -0.3 is 10.1 Å². The van der Waals surface area contributed by atoms with Crippen LogP contribution in [-0.4, -0.2) is 48.5 Å². The molecule has 1 rings (SSSR count). The van der Waals surface area contributed by atoms with Crippen LogP contribution in [0.15, 0.2) is 0 Å². The van der Waals surface area contributed by atoms with E-state index in [1.165, 1.54) is 0 Å². The Morgan fingerprint density at radius 1 is 1.26 bits per heavy atom. The van der Waals surface area contributed by atoms with E-state index in [1.54, 1.807) is 0 Å². The molecule has 0 aliphatic heterocycles. The van der Waals surface area contributed by atoms with Crippen LogP contribution in [0, 0.1) is 0 Å². The molecule has 0 radical (unpaired) electrons. The maximum atomic E-state index is 11.0. The number of aromatic nitrogens is 3. The average molecular weight is 290 g/mol. The molecule has 0 spiro atoms. The number of nitrogens with zero attached hydrogens (tertiary/aromatic N) is 3. The molecular formula is C9H18N6O3S. The fraction of sp³-hybridized carbons (Fsp3) is 0.667. The van der Waals surface area contributed by atoms with Crippen LogP contribution >= 0.6 is 0 Å². The van der Waals surface area contributed by atoms with Crippen LogP contribution in [0.3, 0.4) is 0 Å². The first-order valence-corrected chi connectivity index (χ1v) is 7.77. The normalized spacial score (nSPS) is 11.1. The fourth-order valence-electron chi connectivity index (χ4n) is 1.11. The van der Waals surface area contributed by atoms with Crippen LogP contribution in [-0.2, 0) is 9.84 Å². The Balaban J connectivity index is 2.70. The molecule has 0 saturated carbocycles. The van der Waals surface area contributed by atoms with E-state index < -0.39 is 9.84 Å². The zero-order chi connectivity index (χ0) is 14.3. The zero-order valence-corrected chi connectivity index (χ0v) is 11.7. The largest absolute Gasteiger partial charge is 0.463 e. The second-order valence-corrected chi connectivity index (χ2v) is 6.07. The second-order valence-electron chi connectivity index (χ2n) is 3.81. The Hall–Kier alpha value is -1.68. The van der Waals surface area contributed by atoms with Gasteiger partial charge in [0.2, 0.25) is 11.9 Å². The van der Waals surface area contributed by atoms with E-state index >= 15 is 0 Å². The molecule has 1 aromatic rings. The van der Waals surface area contributed by atoms with Crippen LogP contribution in [0.1, 0.15) is 13.3 Å². The molecule has 4 N–H and O–H groups in total. The standard InChI is InChI=1S/C9H18N6O3S/c1-3-5-18-9-13-7(12-8(14-9)15-10)11-4-6-19(2,16)17/h3-6,10H2,1-2H3,(H2,11,12,13,14,15). The lowest BCUT2D eigenvalue weighted by molar-refractivity contribution is 0.292. The highest BCUT2D eigenvalue weighted by molar-refractivity contribution is 7.90. The minimum absolute atomic E-state index is 0.0186. The van der Waals surface area contributed by atoms with Gasteiger partial charge in [0.25, 0.3) is 0 Å². The van der Waals surface area contributed by atoms with Gasteiger partial charge >= 0.3 is 6.01 Å². The van der Waals surface area contributed by atoms with Crippen LogP contribution in [0.5, 0.6) is 6.01 Å². The predicted octanol–water partition coefficient (Wildman–Crippen LogP) is -0.597. The highest BCUT2D eigenvalue weighted by Crippen LogP contribution is 2.10. The zero-order valence-electron chi connectivity index (χ0n) is 10.9. The maximum Gasteiger partial charge on any atom is 0.323 e. The van der Waals surface area contributed by atoms with Crippen molar-refractivity contribution in [3.8, 4) is 6.01 Å². The minimum Gasteiger partial charge on any atom is -0.463 e. The number of hydrogen-bond donors (Lipinski definition) is 3. The van der Waals surface area contributed by atoms with Gasteiger partial charge in [-0.15, -0.1) is 0 Å². The van der Waals surface area contributed by atoms with Crippen molar-refractivity contribution in [2.24, 2.45) is 5.84 Å². The van der Waals surface area contributed by atoms with Crippen LogP contribution < -0.4 is 21.3 Å². The SMILES string of the molecule is CCCOc1nc(NN)nc(NCCS(C)(=O)=O)n1. The summed E-state index contributed by atoms with van der Waals surface area (Å²) < 4.78 is 27.3. The molecule has 1 heterocycles. The number of anilines is 2. The summed E-state index contributed by atoms with van der Waals surface area (Å²) in [6.07, 6.45) is 1.97. The van der Waals surface area contributed by atoms with Crippen molar-refractivity contribution in [2.75, 3.05) is 35.9 Å². The molecule has 0 unspecified atom stereocenters. The molecule has 9 nitrogen and oxygen atoms in total. The van der Waals surface area contributed by atoms with Crippen LogP contribution in [0.4, 0.5) is 11.9 Å². The van der Waals surface area contributed by atoms with Gasteiger partial charge in [-0.2, -0.15) is 15.0 Å². The van der Waals surface area contributed by atoms with E-state index in [9.17, 15) is 8.42 Å². The van der Waals surface area contributed by atoms with Crippen molar-refractivity contribution in [3.05, 3.63) is 0 Å². The lowest BCUT2D eigenvalue weighted by Gasteiger charge is -2.08. The van der Waals surface area contributed by atoms with Gasteiger partial charge in [-0.25, -0.2) is 14.3 Å². The molecule has 10 heteroatoms. The quantitative estimate of drug-likeness (QED) is 0.424. The van der Waals surface area contributed by atoms with Gasteiger partial charge in [0, 0.05) is 12.8 Å². The Kier molecular flexibility index (Phi) is 5.70. The molecule has 19 heavy (non-hydrogen) atoms. The van der Waals surface area contributed by atoms with Gasteiger partial charge in [-0.1, -0.05) is 6.92 Å². The van der Waals surface area contributed by atoms with E-state index in [0.29, 0.717) is 6.61 Å². The monoisotopic (exact) mass is 290 g/mol. The van der Waals surface area contributed by atoms with E-state index in [-0.39, 0.29) is 30.2 Å². The number of sulfone groups is 1. The summed E-state index contributed by atoms with van der Waals surface area (Å²) in [5.74, 6) is 5.56. The summed E-state index contributed by atoms with van der Waals surface area (Å²) in [5, 5.41) is 2.78. The third-order valence-corrected chi connectivity index (χ3v) is 2.88. The van der Waals surface area contributed by atoms with E-state index in [0.717, 1.165) is 12.7 Å². The lowest BCUT2D eigenvalue weighted by atomic mass is 10.5. The second kappa shape index (κ2) is 7.04. The topological polar surface area (TPSA) is 132 Å². The van der Waals surface area contributed by atoms with E-state index in [4.69, 9.17) is 10.6 Å². The van der Waals surface area contributed by atoms with Gasteiger partial charge in [0.05, 0.1) is 12.4 Å². The number of rotatable bonds is 8. The minimum atomic E-state index is -3.04. The molecule has 0 saturated heterocycles. The number of nitrogen functional groups attached to an aromatic ring is 1.